The molecule has 0 aliphatic carbocycles. The van der Waals surface area contributed by atoms with Crippen LogP contribution in [0.5, 0.6) is 11.5 Å². The van der Waals surface area contributed by atoms with Gasteiger partial charge < -0.3 is 19.5 Å². The lowest BCUT2D eigenvalue weighted by Gasteiger charge is -2.12. The Balaban J connectivity index is 1.82. The first-order valence-corrected chi connectivity index (χ1v) is 8.74. The summed E-state index contributed by atoms with van der Waals surface area (Å²) in [4.78, 5) is 12.1. The lowest BCUT2D eigenvalue weighted by atomic mass is 9.98. The standard InChI is InChI=1S/C21H27NO4/c1-15(2)20-10-9-19(13-16(20)3)26-14-21(23)22-17-5-7-18(8-6-17)25-12-11-24-4/h5-10,13,15H,11-12,14H2,1-4H3,(H,22,23). The minimum Gasteiger partial charge on any atom is -0.491 e. The van der Waals surface area contributed by atoms with Gasteiger partial charge in [-0.2, -0.15) is 0 Å². The monoisotopic (exact) mass is 357 g/mol. The van der Waals surface area contributed by atoms with E-state index in [-0.39, 0.29) is 12.5 Å². The topological polar surface area (TPSA) is 56.8 Å². The van der Waals surface area contributed by atoms with Gasteiger partial charge in [-0.15, -0.1) is 0 Å². The van der Waals surface area contributed by atoms with Crippen LogP contribution in [-0.2, 0) is 9.53 Å². The van der Waals surface area contributed by atoms with Crippen LogP contribution < -0.4 is 14.8 Å². The summed E-state index contributed by atoms with van der Waals surface area (Å²) >= 11 is 0. The van der Waals surface area contributed by atoms with E-state index in [9.17, 15) is 4.79 Å². The van der Waals surface area contributed by atoms with E-state index in [4.69, 9.17) is 14.2 Å². The van der Waals surface area contributed by atoms with Gasteiger partial charge in [0.1, 0.15) is 18.1 Å². The fourth-order valence-electron chi connectivity index (χ4n) is 2.61. The van der Waals surface area contributed by atoms with Gasteiger partial charge in [-0.05, 0) is 60.4 Å². The van der Waals surface area contributed by atoms with Gasteiger partial charge in [-0.3, -0.25) is 4.79 Å². The molecule has 2 aromatic carbocycles. The molecule has 26 heavy (non-hydrogen) atoms. The molecule has 5 heteroatoms. The molecule has 0 unspecified atom stereocenters. The van der Waals surface area contributed by atoms with Crippen LogP contribution in [0.1, 0.15) is 30.9 Å². The van der Waals surface area contributed by atoms with E-state index in [2.05, 4.69) is 32.2 Å². The van der Waals surface area contributed by atoms with E-state index in [1.807, 2.05) is 12.1 Å². The van der Waals surface area contributed by atoms with Crippen molar-refractivity contribution >= 4 is 11.6 Å². The van der Waals surface area contributed by atoms with Gasteiger partial charge in [0.05, 0.1) is 6.61 Å². The zero-order valence-electron chi connectivity index (χ0n) is 15.9. The summed E-state index contributed by atoms with van der Waals surface area (Å²) in [6, 6.07) is 13.1. The van der Waals surface area contributed by atoms with Crippen LogP contribution in [0.2, 0.25) is 0 Å². The lowest BCUT2D eigenvalue weighted by Crippen LogP contribution is -2.20. The van der Waals surface area contributed by atoms with Crippen LogP contribution in [0.15, 0.2) is 42.5 Å². The normalized spacial score (nSPS) is 10.7. The highest BCUT2D eigenvalue weighted by Crippen LogP contribution is 2.23. The molecule has 0 atom stereocenters. The predicted molar refractivity (Wildman–Crippen MR) is 103 cm³/mol. The van der Waals surface area contributed by atoms with Gasteiger partial charge in [0.2, 0.25) is 0 Å². The number of hydrogen-bond donors (Lipinski definition) is 1. The number of rotatable bonds is 9. The molecule has 140 valence electrons. The summed E-state index contributed by atoms with van der Waals surface area (Å²) in [5.41, 5.74) is 3.15. The molecule has 0 fully saturated rings. The van der Waals surface area contributed by atoms with Crippen LogP contribution >= 0.6 is 0 Å². The zero-order chi connectivity index (χ0) is 18.9. The van der Waals surface area contributed by atoms with E-state index in [0.29, 0.717) is 30.6 Å². The van der Waals surface area contributed by atoms with Gasteiger partial charge in [-0.25, -0.2) is 0 Å². The van der Waals surface area contributed by atoms with E-state index in [1.165, 1.54) is 11.1 Å². The number of anilines is 1. The Morgan fingerprint density at radius 3 is 2.31 bits per heavy atom. The molecule has 0 spiro atoms. The molecule has 0 radical (unpaired) electrons. The van der Waals surface area contributed by atoms with Gasteiger partial charge in [0.25, 0.3) is 5.91 Å². The summed E-state index contributed by atoms with van der Waals surface area (Å²) in [5, 5.41) is 2.81. The Morgan fingerprint density at radius 2 is 1.69 bits per heavy atom. The maximum atomic E-state index is 12.1. The molecule has 1 N–H and O–H groups in total. The highest BCUT2D eigenvalue weighted by molar-refractivity contribution is 5.91. The molecular formula is C21H27NO4. The van der Waals surface area contributed by atoms with Gasteiger partial charge in [-0.1, -0.05) is 19.9 Å². The number of carbonyl (C=O) groups excluding carboxylic acids is 1. The minimum absolute atomic E-state index is 0.0352. The van der Waals surface area contributed by atoms with E-state index in [0.717, 1.165) is 5.75 Å². The maximum Gasteiger partial charge on any atom is 0.262 e. The zero-order valence-corrected chi connectivity index (χ0v) is 15.9. The molecule has 0 saturated carbocycles. The number of methoxy groups -OCH3 is 1. The van der Waals surface area contributed by atoms with Crippen LogP contribution in [0.3, 0.4) is 0 Å². The number of ether oxygens (including phenoxy) is 3. The number of carbonyl (C=O) groups is 1. The average molecular weight is 357 g/mol. The summed E-state index contributed by atoms with van der Waals surface area (Å²) in [5.74, 6) is 1.69. The number of benzene rings is 2. The SMILES string of the molecule is COCCOc1ccc(NC(=O)COc2ccc(C(C)C)c(C)c2)cc1. The summed E-state index contributed by atoms with van der Waals surface area (Å²) in [7, 11) is 1.63. The number of hydrogen-bond acceptors (Lipinski definition) is 4. The van der Waals surface area contributed by atoms with E-state index >= 15 is 0 Å². The Bertz CT molecular complexity index is 710. The van der Waals surface area contributed by atoms with Crippen LogP contribution in [-0.4, -0.2) is 32.8 Å². The molecular weight excluding hydrogens is 330 g/mol. The van der Waals surface area contributed by atoms with Crippen LogP contribution in [0, 0.1) is 6.92 Å². The second kappa shape index (κ2) is 9.82. The third-order valence-electron chi connectivity index (χ3n) is 3.93. The van der Waals surface area contributed by atoms with Crippen molar-refractivity contribution in [3.63, 3.8) is 0 Å². The highest BCUT2D eigenvalue weighted by atomic mass is 16.5. The van der Waals surface area contributed by atoms with Gasteiger partial charge in [0.15, 0.2) is 6.61 Å². The molecule has 0 heterocycles. The van der Waals surface area contributed by atoms with Crippen LogP contribution in [0.25, 0.3) is 0 Å². The molecule has 0 aliphatic rings. The summed E-state index contributed by atoms with van der Waals surface area (Å²) in [6.45, 7) is 7.36. The molecule has 0 bridgehead atoms. The van der Waals surface area contributed by atoms with Crippen molar-refractivity contribution in [3.8, 4) is 11.5 Å². The third-order valence-corrected chi connectivity index (χ3v) is 3.93. The summed E-state index contributed by atoms with van der Waals surface area (Å²) < 4.78 is 16.0. The third kappa shape index (κ3) is 6.08. The molecule has 2 aromatic rings. The predicted octanol–water partition coefficient (Wildman–Crippen LogP) is 4.16. The first-order chi connectivity index (χ1) is 12.5. The maximum absolute atomic E-state index is 12.1. The smallest absolute Gasteiger partial charge is 0.262 e. The van der Waals surface area contributed by atoms with Crippen LogP contribution in [0.4, 0.5) is 5.69 Å². The largest absolute Gasteiger partial charge is 0.491 e. The summed E-state index contributed by atoms with van der Waals surface area (Å²) in [6.07, 6.45) is 0. The van der Waals surface area contributed by atoms with Gasteiger partial charge in [0, 0.05) is 12.8 Å². The molecule has 2 rings (SSSR count). The molecule has 0 saturated heterocycles. The number of amides is 1. The fourth-order valence-corrected chi connectivity index (χ4v) is 2.61. The molecule has 0 aliphatic heterocycles. The second-order valence-corrected chi connectivity index (χ2v) is 6.38. The Kier molecular flexibility index (Phi) is 7.48. The molecule has 1 amide bonds. The average Bonchev–Trinajstić information content (AvgIpc) is 2.61. The first kappa shape index (κ1) is 19.8. The van der Waals surface area contributed by atoms with Crippen molar-refractivity contribution in [2.75, 3.05) is 32.2 Å². The van der Waals surface area contributed by atoms with Crippen molar-refractivity contribution in [2.24, 2.45) is 0 Å². The highest BCUT2D eigenvalue weighted by Gasteiger charge is 2.07. The van der Waals surface area contributed by atoms with Crippen molar-refractivity contribution in [3.05, 3.63) is 53.6 Å². The first-order valence-electron chi connectivity index (χ1n) is 8.74. The van der Waals surface area contributed by atoms with E-state index in [1.54, 1.807) is 31.4 Å². The Labute approximate surface area is 155 Å². The lowest BCUT2D eigenvalue weighted by molar-refractivity contribution is -0.118. The number of aryl methyl sites for hydroxylation is 1. The minimum atomic E-state index is -0.205. The number of nitrogens with one attached hydrogen (secondary N) is 1. The fraction of sp³-hybridized carbons (Fsp3) is 0.381. The second-order valence-electron chi connectivity index (χ2n) is 6.38. The Morgan fingerprint density at radius 1 is 1.00 bits per heavy atom. The van der Waals surface area contributed by atoms with Gasteiger partial charge >= 0.3 is 0 Å². The quantitative estimate of drug-likeness (QED) is 0.685. The van der Waals surface area contributed by atoms with Crippen molar-refractivity contribution in [2.45, 2.75) is 26.7 Å². The molecule has 5 nitrogen and oxygen atoms in total. The van der Waals surface area contributed by atoms with Crippen molar-refractivity contribution in [1.82, 2.24) is 0 Å². The Hall–Kier alpha value is -2.53. The van der Waals surface area contributed by atoms with Crippen molar-refractivity contribution in [1.29, 1.82) is 0 Å². The molecule has 0 aromatic heterocycles. The van der Waals surface area contributed by atoms with E-state index < -0.39 is 0 Å². The van der Waals surface area contributed by atoms with Crippen molar-refractivity contribution < 1.29 is 19.0 Å².